The van der Waals surface area contributed by atoms with Gasteiger partial charge in [0.15, 0.2) is 17.8 Å². The number of unbranched alkanes of at least 4 members (excludes halogenated alkanes) is 1. The highest BCUT2D eigenvalue weighted by atomic mass is 16.3. The van der Waals surface area contributed by atoms with Gasteiger partial charge in [0.05, 0.1) is 6.20 Å². The van der Waals surface area contributed by atoms with Crippen LogP contribution in [0.25, 0.3) is 11.3 Å². The second-order valence-electron chi connectivity index (χ2n) is 7.75. The Balaban J connectivity index is 2.03. The third-order valence-electron chi connectivity index (χ3n) is 4.86. The predicted octanol–water partition coefficient (Wildman–Crippen LogP) is 2.88. The van der Waals surface area contributed by atoms with Crippen LogP contribution in [0.1, 0.15) is 44.0 Å². The number of anilines is 2. The third kappa shape index (κ3) is 4.76. The van der Waals surface area contributed by atoms with Crippen molar-refractivity contribution in [1.82, 2.24) is 14.5 Å². The lowest BCUT2D eigenvalue weighted by atomic mass is 10.1. The fraction of sp³-hybridized carbons (Fsp3) is 0.364. The minimum absolute atomic E-state index is 0.00184. The van der Waals surface area contributed by atoms with E-state index < -0.39 is 11.2 Å². The minimum atomic E-state index is -0.676. The summed E-state index contributed by atoms with van der Waals surface area (Å²) in [5.41, 5.74) is 6.14. The van der Waals surface area contributed by atoms with Crippen LogP contribution in [-0.2, 0) is 6.54 Å². The molecule has 0 bridgehead atoms. The first-order valence-electron chi connectivity index (χ1n) is 10.3. The van der Waals surface area contributed by atoms with E-state index in [-0.39, 0.29) is 23.3 Å². The second kappa shape index (κ2) is 9.46. The van der Waals surface area contributed by atoms with Crippen LogP contribution in [0.5, 0.6) is 0 Å². The van der Waals surface area contributed by atoms with Crippen molar-refractivity contribution < 1.29 is 9.21 Å². The average molecular weight is 425 g/mol. The zero-order chi connectivity index (χ0) is 22.5. The maximum atomic E-state index is 13.4. The van der Waals surface area contributed by atoms with Gasteiger partial charge in [-0.3, -0.25) is 19.1 Å². The standard InChI is InChI=1S/C22H27N5O4/c1-4-5-10-26(18-19(23)27(12-14(2)3)22(30)25-20(18)28)21(29)16-8-6-15(7-9-16)17-11-24-13-31-17/h6-9,11,13-14H,4-5,10,12,23H2,1-3H3,(H,25,28,30). The van der Waals surface area contributed by atoms with Crippen LogP contribution in [0.15, 0.2) is 50.9 Å². The summed E-state index contributed by atoms with van der Waals surface area (Å²) in [6, 6.07) is 6.82. The molecule has 0 fully saturated rings. The van der Waals surface area contributed by atoms with Crippen molar-refractivity contribution >= 4 is 17.4 Å². The molecule has 3 rings (SSSR count). The number of H-pyrrole nitrogens is 1. The van der Waals surface area contributed by atoms with Gasteiger partial charge in [0.1, 0.15) is 5.82 Å². The number of aromatic nitrogens is 3. The number of nitrogens with one attached hydrogen (secondary N) is 1. The van der Waals surface area contributed by atoms with E-state index in [0.717, 1.165) is 12.0 Å². The first-order valence-corrected chi connectivity index (χ1v) is 10.3. The monoisotopic (exact) mass is 425 g/mol. The van der Waals surface area contributed by atoms with E-state index >= 15 is 0 Å². The Morgan fingerprint density at radius 1 is 1.26 bits per heavy atom. The Bertz CT molecular complexity index is 1140. The maximum Gasteiger partial charge on any atom is 0.330 e. The van der Waals surface area contributed by atoms with Crippen molar-refractivity contribution in [3.05, 3.63) is 63.3 Å². The van der Waals surface area contributed by atoms with Crippen molar-refractivity contribution in [3.8, 4) is 11.3 Å². The van der Waals surface area contributed by atoms with E-state index in [4.69, 9.17) is 10.2 Å². The Morgan fingerprint density at radius 2 is 1.97 bits per heavy atom. The third-order valence-corrected chi connectivity index (χ3v) is 4.86. The largest absolute Gasteiger partial charge is 0.444 e. The molecular formula is C22H27N5O4. The molecule has 9 heteroatoms. The molecule has 0 radical (unpaired) electrons. The molecule has 9 nitrogen and oxygen atoms in total. The summed E-state index contributed by atoms with van der Waals surface area (Å²) in [7, 11) is 0. The van der Waals surface area contributed by atoms with Crippen LogP contribution in [0.3, 0.4) is 0 Å². The summed E-state index contributed by atoms with van der Waals surface area (Å²) >= 11 is 0. The second-order valence-corrected chi connectivity index (χ2v) is 7.75. The van der Waals surface area contributed by atoms with E-state index in [1.807, 2.05) is 20.8 Å². The molecule has 1 amide bonds. The van der Waals surface area contributed by atoms with Crippen LogP contribution < -0.4 is 21.9 Å². The number of oxazole rings is 1. The topological polar surface area (TPSA) is 127 Å². The molecule has 0 saturated heterocycles. The van der Waals surface area contributed by atoms with Gasteiger partial charge in [0.25, 0.3) is 11.5 Å². The summed E-state index contributed by atoms with van der Waals surface area (Å²) in [6.45, 7) is 6.49. The number of hydrogen-bond donors (Lipinski definition) is 2. The molecule has 1 aromatic carbocycles. The van der Waals surface area contributed by atoms with Crippen molar-refractivity contribution in [3.63, 3.8) is 0 Å². The number of nitrogen functional groups attached to an aromatic ring is 1. The average Bonchev–Trinajstić information content (AvgIpc) is 3.28. The van der Waals surface area contributed by atoms with Crippen LogP contribution >= 0.6 is 0 Å². The Labute approximate surface area is 179 Å². The Morgan fingerprint density at radius 3 is 2.55 bits per heavy atom. The lowest BCUT2D eigenvalue weighted by molar-refractivity contribution is 0.0986. The zero-order valence-corrected chi connectivity index (χ0v) is 17.9. The van der Waals surface area contributed by atoms with E-state index in [1.165, 1.54) is 15.9 Å². The highest BCUT2D eigenvalue weighted by Gasteiger charge is 2.25. The van der Waals surface area contributed by atoms with Gasteiger partial charge in [-0.15, -0.1) is 0 Å². The molecule has 2 heterocycles. The minimum Gasteiger partial charge on any atom is -0.444 e. The van der Waals surface area contributed by atoms with Gasteiger partial charge in [-0.1, -0.05) is 39.3 Å². The van der Waals surface area contributed by atoms with E-state index in [1.54, 1.807) is 30.5 Å². The molecule has 164 valence electrons. The van der Waals surface area contributed by atoms with Gasteiger partial charge in [-0.05, 0) is 24.5 Å². The van der Waals surface area contributed by atoms with Crippen molar-refractivity contribution in [1.29, 1.82) is 0 Å². The lowest BCUT2D eigenvalue weighted by Gasteiger charge is -2.25. The van der Waals surface area contributed by atoms with Crippen LogP contribution in [0, 0.1) is 5.92 Å². The maximum absolute atomic E-state index is 13.4. The first-order chi connectivity index (χ1) is 14.8. The number of carbonyl (C=O) groups is 1. The normalized spacial score (nSPS) is 11.1. The molecule has 3 aromatic rings. The molecule has 0 aliphatic carbocycles. The highest BCUT2D eigenvalue weighted by molar-refractivity contribution is 6.07. The van der Waals surface area contributed by atoms with E-state index in [9.17, 15) is 14.4 Å². The number of benzene rings is 1. The number of nitrogens with zero attached hydrogens (tertiary/aromatic N) is 3. The number of carbonyl (C=O) groups excluding carboxylic acids is 1. The molecular weight excluding hydrogens is 398 g/mol. The number of amides is 1. The van der Waals surface area contributed by atoms with Crippen LogP contribution in [0.2, 0.25) is 0 Å². The SMILES string of the molecule is CCCCN(C(=O)c1ccc(-c2cnco2)cc1)c1c(N)n(CC(C)C)c(=O)[nH]c1=O. The van der Waals surface area contributed by atoms with Crippen molar-refractivity contribution in [2.75, 3.05) is 17.2 Å². The molecule has 0 saturated carbocycles. The molecule has 31 heavy (non-hydrogen) atoms. The fourth-order valence-electron chi connectivity index (χ4n) is 3.31. The number of nitrogens with two attached hydrogens (primary N) is 1. The first kappa shape index (κ1) is 22.1. The summed E-state index contributed by atoms with van der Waals surface area (Å²) in [5, 5.41) is 0. The quantitative estimate of drug-likeness (QED) is 0.571. The van der Waals surface area contributed by atoms with Crippen molar-refractivity contribution in [2.45, 2.75) is 40.2 Å². The smallest absolute Gasteiger partial charge is 0.330 e. The van der Waals surface area contributed by atoms with Gasteiger partial charge in [0.2, 0.25) is 0 Å². The molecule has 0 aliphatic rings. The van der Waals surface area contributed by atoms with E-state index in [2.05, 4.69) is 9.97 Å². The summed E-state index contributed by atoms with van der Waals surface area (Å²) in [6.07, 6.45) is 4.41. The van der Waals surface area contributed by atoms with Gasteiger partial charge >= 0.3 is 5.69 Å². The number of rotatable bonds is 8. The van der Waals surface area contributed by atoms with Crippen LogP contribution in [-0.4, -0.2) is 27.0 Å². The Hall–Kier alpha value is -3.62. The summed E-state index contributed by atoms with van der Waals surface area (Å²) in [4.78, 5) is 45.9. The van der Waals surface area contributed by atoms with Gasteiger partial charge in [0, 0.05) is 24.2 Å². The molecule has 2 aromatic heterocycles. The highest BCUT2D eigenvalue weighted by Crippen LogP contribution is 2.23. The summed E-state index contributed by atoms with van der Waals surface area (Å²) < 4.78 is 6.58. The molecule has 0 spiro atoms. The lowest BCUT2D eigenvalue weighted by Crippen LogP contribution is -2.42. The fourth-order valence-corrected chi connectivity index (χ4v) is 3.31. The van der Waals surface area contributed by atoms with Gasteiger partial charge in [-0.2, -0.15) is 0 Å². The van der Waals surface area contributed by atoms with Gasteiger partial charge < -0.3 is 15.1 Å². The molecule has 0 atom stereocenters. The summed E-state index contributed by atoms with van der Waals surface area (Å²) in [5.74, 6) is 0.333. The zero-order valence-electron chi connectivity index (χ0n) is 17.9. The molecule has 0 unspecified atom stereocenters. The predicted molar refractivity (Wildman–Crippen MR) is 119 cm³/mol. The number of aromatic amines is 1. The number of hydrogen-bond acceptors (Lipinski definition) is 6. The molecule has 3 N–H and O–H groups in total. The Kier molecular flexibility index (Phi) is 6.74. The van der Waals surface area contributed by atoms with Crippen LogP contribution in [0.4, 0.5) is 11.5 Å². The van der Waals surface area contributed by atoms with Crippen molar-refractivity contribution in [2.24, 2.45) is 5.92 Å². The van der Waals surface area contributed by atoms with Gasteiger partial charge in [-0.25, -0.2) is 9.78 Å². The van der Waals surface area contributed by atoms with E-state index in [0.29, 0.717) is 30.8 Å². The molecule has 0 aliphatic heterocycles.